The monoisotopic (exact) mass is 329 g/mol. The van der Waals surface area contributed by atoms with Crippen molar-refractivity contribution in [3.05, 3.63) is 58.7 Å². The maximum absolute atomic E-state index is 11.7. The minimum Gasteiger partial charge on any atom is -0.489 e. The van der Waals surface area contributed by atoms with Gasteiger partial charge in [0.2, 0.25) is 0 Å². The molecule has 0 saturated carbocycles. The molecule has 0 aliphatic rings. The zero-order chi connectivity index (χ0) is 16.8. The van der Waals surface area contributed by atoms with Crippen LogP contribution in [0.4, 0.5) is 10.5 Å². The molecule has 23 heavy (non-hydrogen) atoms. The van der Waals surface area contributed by atoms with E-state index in [-0.39, 0.29) is 5.24 Å². The maximum Gasteiger partial charge on any atom is 0.283 e. The van der Waals surface area contributed by atoms with Gasteiger partial charge in [0.1, 0.15) is 12.4 Å². The molecule has 0 saturated heterocycles. The summed E-state index contributed by atoms with van der Waals surface area (Å²) in [5, 5.41) is 2.88. The first kappa shape index (κ1) is 17.4. The van der Waals surface area contributed by atoms with Crippen LogP contribution in [0.1, 0.15) is 29.2 Å². The molecule has 1 N–H and O–H groups in total. The summed E-state index contributed by atoms with van der Waals surface area (Å²) >= 11 is 1.17. The molecule has 1 amide bonds. The standard InChI is InChI=1S/C19H23NO2S/c1-5-15-7-6-8-17(20-19(21)23-4)16(15)12-22-18-10-9-13(2)11-14(18)3/h6-11H,5,12H2,1-4H3,(H,20,21). The van der Waals surface area contributed by atoms with Crippen LogP contribution in [-0.2, 0) is 13.0 Å². The lowest BCUT2D eigenvalue weighted by molar-refractivity contribution is 0.269. The molecule has 2 aromatic carbocycles. The van der Waals surface area contributed by atoms with Crippen molar-refractivity contribution in [2.24, 2.45) is 0 Å². The van der Waals surface area contributed by atoms with Crippen LogP contribution in [0.25, 0.3) is 0 Å². The Bertz CT molecular complexity index is 698. The van der Waals surface area contributed by atoms with Gasteiger partial charge in [0, 0.05) is 11.3 Å². The third kappa shape index (κ3) is 4.52. The second kappa shape index (κ2) is 8.06. The lowest BCUT2D eigenvalue weighted by Crippen LogP contribution is -2.10. The summed E-state index contributed by atoms with van der Waals surface area (Å²) in [4.78, 5) is 11.7. The van der Waals surface area contributed by atoms with Crippen LogP contribution in [0.2, 0.25) is 0 Å². The van der Waals surface area contributed by atoms with E-state index >= 15 is 0 Å². The molecule has 3 nitrogen and oxygen atoms in total. The van der Waals surface area contributed by atoms with E-state index < -0.39 is 0 Å². The highest BCUT2D eigenvalue weighted by Gasteiger charge is 2.11. The van der Waals surface area contributed by atoms with Gasteiger partial charge in [-0.3, -0.25) is 4.79 Å². The number of hydrogen-bond acceptors (Lipinski definition) is 3. The number of rotatable bonds is 5. The van der Waals surface area contributed by atoms with Gasteiger partial charge >= 0.3 is 0 Å². The number of nitrogens with one attached hydrogen (secondary N) is 1. The van der Waals surface area contributed by atoms with E-state index in [9.17, 15) is 4.79 Å². The number of carbonyl (C=O) groups excluding carboxylic acids is 1. The molecule has 0 aliphatic carbocycles. The summed E-state index contributed by atoms with van der Waals surface area (Å²) in [5.41, 5.74) is 5.39. The Morgan fingerprint density at radius 2 is 2.00 bits per heavy atom. The highest BCUT2D eigenvalue weighted by Crippen LogP contribution is 2.26. The SMILES string of the molecule is CCc1cccc(NC(=O)SC)c1COc1ccc(C)cc1C. The molecule has 0 unspecified atom stereocenters. The van der Waals surface area contributed by atoms with Crippen molar-refractivity contribution >= 4 is 22.7 Å². The molecule has 0 atom stereocenters. The summed E-state index contributed by atoms with van der Waals surface area (Å²) in [6.45, 7) is 6.66. The van der Waals surface area contributed by atoms with E-state index in [2.05, 4.69) is 31.3 Å². The van der Waals surface area contributed by atoms with Crippen LogP contribution >= 0.6 is 11.8 Å². The topological polar surface area (TPSA) is 38.3 Å². The van der Waals surface area contributed by atoms with E-state index in [0.717, 1.165) is 29.0 Å². The van der Waals surface area contributed by atoms with E-state index in [4.69, 9.17) is 4.74 Å². The van der Waals surface area contributed by atoms with Gasteiger partial charge in [-0.2, -0.15) is 0 Å². The van der Waals surface area contributed by atoms with Gasteiger partial charge < -0.3 is 10.1 Å². The summed E-state index contributed by atoms with van der Waals surface area (Å²) in [6.07, 6.45) is 2.67. The van der Waals surface area contributed by atoms with Crippen molar-refractivity contribution < 1.29 is 9.53 Å². The number of carbonyl (C=O) groups is 1. The molecule has 0 aliphatic heterocycles. The molecule has 2 aromatic rings. The Balaban J connectivity index is 2.24. The fraction of sp³-hybridized carbons (Fsp3) is 0.316. The van der Waals surface area contributed by atoms with Crippen molar-refractivity contribution in [1.29, 1.82) is 0 Å². The fourth-order valence-corrected chi connectivity index (χ4v) is 2.74. The molecule has 122 valence electrons. The molecular formula is C19H23NO2S. The second-order valence-corrected chi connectivity index (χ2v) is 6.25. The highest BCUT2D eigenvalue weighted by atomic mass is 32.2. The molecule has 0 aromatic heterocycles. The minimum atomic E-state index is -0.0639. The molecular weight excluding hydrogens is 306 g/mol. The van der Waals surface area contributed by atoms with Crippen molar-refractivity contribution in [3.8, 4) is 5.75 Å². The van der Waals surface area contributed by atoms with Gasteiger partial charge in [0.15, 0.2) is 0 Å². The van der Waals surface area contributed by atoms with Crippen molar-refractivity contribution in [2.75, 3.05) is 11.6 Å². The number of anilines is 1. The summed E-state index contributed by atoms with van der Waals surface area (Å²) in [7, 11) is 0. The number of ether oxygens (including phenoxy) is 1. The quantitative estimate of drug-likeness (QED) is 0.804. The molecule has 0 heterocycles. The molecule has 2 rings (SSSR count). The number of hydrogen-bond donors (Lipinski definition) is 1. The van der Waals surface area contributed by atoms with E-state index in [1.165, 1.54) is 22.9 Å². The third-order valence-electron chi connectivity index (χ3n) is 3.78. The predicted octanol–water partition coefficient (Wildman–Crippen LogP) is 5.34. The maximum atomic E-state index is 11.7. The summed E-state index contributed by atoms with van der Waals surface area (Å²) < 4.78 is 6.02. The fourth-order valence-electron chi connectivity index (χ4n) is 2.53. The summed E-state index contributed by atoms with van der Waals surface area (Å²) in [6, 6.07) is 12.1. The Labute approximate surface area is 142 Å². The normalized spacial score (nSPS) is 10.4. The molecule has 0 radical (unpaired) electrons. The zero-order valence-electron chi connectivity index (χ0n) is 14.1. The van der Waals surface area contributed by atoms with E-state index in [1.807, 2.05) is 31.2 Å². The molecule has 0 bridgehead atoms. The lowest BCUT2D eigenvalue weighted by Gasteiger charge is -2.16. The number of amides is 1. The van der Waals surface area contributed by atoms with Crippen LogP contribution < -0.4 is 10.1 Å². The van der Waals surface area contributed by atoms with E-state index in [1.54, 1.807) is 6.26 Å². The predicted molar refractivity (Wildman–Crippen MR) is 98.6 cm³/mol. The lowest BCUT2D eigenvalue weighted by atomic mass is 10.0. The Kier molecular flexibility index (Phi) is 6.11. The average molecular weight is 329 g/mol. The molecule has 0 spiro atoms. The minimum absolute atomic E-state index is 0.0639. The smallest absolute Gasteiger partial charge is 0.283 e. The van der Waals surface area contributed by atoms with Crippen LogP contribution in [0.15, 0.2) is 36.4 Å². The second-order valence-electron chi connectivity index (χ2n) is 5.47. The van der Waals surface area contributed by atoms with Crippen LogP contribution in [0.3, 0.4) is 0 Å². The molecule has 4 heteroatoms. The van der Waals surface area contributed by atoms with Gasteiger partial charge in [0.25, 0.3) is 5.24 Å². The van der Waals surface area contributed by atoms with E-state index in [0.29, 0.717) is 6.61 Å². The van der Waals surface area contributed by atoms with Crippen LogP contribution in [0.5, 0.6) is 5.75 Å². The Morgan fingerprint density at radius 3 is 2.65 bits per heavy atom. The number of aryl methyl sites for hydroxylation is 3. The van der Waals surface area contributed by atoms with Gasteiger partial charge in [-0.25, -0.2) is 0 Å². The first-order valence-corrected chi connectivity index (χ1v) is 8.93. The number of benzene rings is 2. The van der Waals surface area contributed by atoms with Gasteiger partial charge in [0.05, 0.1) is 0 Å². The average Bonchev–Trinajstić information content (AvgIpc) is 2.54. The first-order valence-electron chi connectivity index (χ1n) is 7.71. The van der Waals surface area contributed by atoms with Gasteiger partial charge in [-0.05, 0) is 49.8 Å². The van der Waals surface area contributed by atoms with Crippen LogP contribution in [0, 0.1) is 13.8 Å². The largest absolute Gasteiger partial charge is 0.489 e. The number of thioether (sulfide) groups is 1. The Hall–Kier alpha value is -1.94. The van der Waals surface area contributed by atoms with Crippen molar-refractivity contribution in [1.82, 2.24) is 0 Å². The summed E-state index contributed by atoms with van der Waals surface area (Å²) in [5.74, 6) is 0.878. The highest BCUT2D eigenvalue weighted by molar-refractivity contribution is 8.13. The first-order chi connectivity index (χ1) is 11.0. The van der Waals surface area contributed by atoms with Gasteiger partial charge in [-0.1, -0.05) is 48.5 Å². The Morgan fingerprint density at radius 1 is 1.22 bits per heavy atom. The molecule has 0 fully saturated rings. The zero-order valence-corrected chi connectivity index (χ0v) is 14.9. The third-order valence-corrected chi connectivity index (χ3v) is 4.25. The van der Waals surface area contributed by atoms with Crippen molar-refractivity contribution in [3.63, 3.8) is 0 Å². The van der Waals surface area contributed by atoms with Crippen molar-refractivity contribution in [2.45, 2.75) is 33.8 Å². The van der Waals surface area contributed by atoms with Gasteiger partial charge in [-0.15, -0.1) is 0 Å². The van der Waals surface area contributed by atoms with Crippen LogP contribution in [-0.4, -0.2) is 11.5 Å².